The fraction of sp³-hybridized carbons (Fsp3) is 0.364. The zero-order valence-corrected chi connectivity index (χ0v) is 10.4. The van der Waals surface area contributed by atoms with Crippen molar-refractivity contribution in [3.63, 3.8) is 0 Å². The molecule has 0 fully saturated rings. The summed E-state index contributed by atoms with van der Waals surface area (Å²) in [6, 6.07) is 3.49. The number of anilines is 1. The van der Waals surface area contributed by atoms with Crippen LogP contribution in [0.2, 0.25) is 10.0 Å². The number of carbonyl (C=O) groups is 1. The molecule has 0 bridgehead atoms. The zero-order chi connectivity index (χ0) is 11.6. The van der Waals surface area contributed by atoms with Gasteiger partial charge in [-0.3, -0.25) is 4.79 Å². The largest absolute Gasteiger partial charge is 0.380 e. The predicted octanol–water partition coefficient (Wildman–Crippen LogP) is 4.02. The maximum absolute atomic E-state index is 11.1. The second kappa shape index (κ2) is 4.86. The molecule has 1 rings (SSSR count). The predicted molar refractivity (Wildman–Crippen MR) is 65.2 cm³/mol. The Balaban J connectivity index is 3.15. The van der Waals surface area contributed by atoms with Gasteiger partial charge < -0.3 is 5.32 Å². The van der Waals surface area contributed by atoms with Crippen LogP contribution in [0.1, 0.15) is 31.1 Å². The molecule has 0 amide bonds. The topological polar surface area (TPSA) is 29.1 Å². The molecule has 15 heavy (non-hydrogen) atoms. The third-order valence-electron chi connectivity index (χ3n) is 1.88. The van der Waals surface area contributed by atoms with Crippen LogP contribution in [0.25, 0.3) is 0 Å². The molecule has 82 valence electrons. The maximum atomic E-state index is 11.1. The van der Waals surface area contributed by atoms with Gasteiger partial charge in [0.1, 0.15) is 0 Å². The van der Waals surface area contributed by atoms with Crippen LogP contribution in [0.5, 0.6) is 0 Å². The Kier molecular flexibility index (Phi) is 4.00. The minimum atomic E-state index is -0.0464. The SMILES string of the molecule is CC(=O)c1cc(Cl)c(NC(C)C)c(Cl)c1. The van der Waals surface area contributed by atoms with Crippen LogP contribution in [0.15, 0.2) is 12.1 Å². The Morgan fingerprint density at radius 1 is 1.27 bits per heavy atom. The van der Waals surface area contributed by atoms with Crippen LogP contribution < -0.4 is 5.32 Å². The van der Waals surface area contributed by atoms with E-state index in [2.05, 4.69) is 5.32 Å². The van der Waals surface area contributed by atoms with Gasteiger partial charge in [0.15, 0.2) is 5.78 Å². The van der Waals surface area contributed by atoms with E-state index < -0.39 is 0 Å². The molecule has 1 N–H and O–H groups in total. The van der Waals surface area contributed by atoms with Gasteiger partial charge in [-0.2, -0.15) is 0 Å². The maximum Gasteiger partial charge on any atom is 0.159 e. The van der Waals surface area contributed by atoms with Gasteiger partial charge in [0.05, 0.1) is 15.7 Å². The van der Waals surface area contributed by atoms with Crippen molar-refractivity contribution in [3.05, 3.63) is 27.7 Å². The Hall–Kier alpha value is -0.730. The van der Waals surface area contributed by atoms with Crippen molar-refractivity contribution >= 4 is 34.7 Å². The molecular weight excluding hydrogens is 233 g/mol. The molecule has 2 nitrogen and oxygen atoms in total. The van der Waals surface area contributed by atoms with Gasteiger partial charge in [-0.25, -0.2) is 0 Å². The van der Waals surface area contributed by atoms with Crippen molar-refractivity contribution in [2.75, 3.05) is 5.32 Å². The Morgan fingerprint density at radius 3 is 2.07 bits per heavy atom. The van der Waals surface area contributed by atoms with Gasteiger partial charge in [-0.15, -0.1) is 0 Å². The second-order valence-electron chi connectivity index (χ2n) is 3.67. The average Bonchev–Trinajstić information content (AvgIpc) is 2.10. The highest BCUT2D eigenvalue weighted by atomic mass is 35.5. The van der Waals surface area contributed by atoms with Gasteiger partial charge >= 0.3 is 0 Å². The fourth-order valence-corrected chi connectivity index (χ4v) is 1.80. The quantitative estimate of drug-likeness (QED) is 0.816. The van der Waals surface area contributed by atoms with E-state index in [0.29, 0.717) is 21.3 Å². The summed E-state index contributed by atoms with van der Waals surface area (Å²) in [6.45, 7) is 5.47. The van der Waals surface area contributed by atoms with Crippen LogP contribution >= 0.6 is 23.2 Å². The number of hydrogen-bond acceptors (Lipinski definition) is 2. The number of halogens is 2. The standard InChI is InChI=1S/C11H13Cl2NO/c1-6(2)14-11-9(12)4-8(7(3)15)5-10(11)13/h4-6,14H,1-3H3. The highest BCUT2D eigenvalue weighted by Crippen LogP contribution is 2.32. The molecule has 0 atom stereocenters. The van der Waals surface area contributed by atoms with E-state index in [1.54, 1.807) is 12.1 Å². The summed E-state index contributed by atoms with van der Waals surface area (Å²) in [6.07, 6.45) is 0. The highest BCUT2D eigenvalue weighted by molar-refractivity contribution is 6.39. The van der Waals surface area contributed by atoms with Crippen molar-refractivity contribution in [1.29, 1.82) is 0 Å². The number of rotatable bonds is 3. The van der Waals surface area contributed by atoms with E-state index in [1.807, 2.05) is 13.8 Å². The second-order valence-corrected chi connectivity index (χ2v) is 4.48. The molecule has 0 aromatic heterocycles. The highest BCUT2D eigenvalue weighted by Gasteiger charge is 2.10. The summed E-state index contributed by atoms with van der Waals surface area (Å²) < 4.78 is 0. The van der Waals surface area contributed by atoms with Crippen LogP contribution in [0.3, 0.4) is 0 Å². The number of hydrogen-bond donors (Lipinski definition) is 1. The van der Waals surface area contributed by atoms with Crippen LogP contribution in [0, 0.1) is 0 Å². The number of carbonyl (C=O) groups excluding carboxylic acids is 1. The first-order valence-corrected chi connectivity index (χ1v) is 5.44. The smallest absolute Gasteiger partial charge is 0.159 e. The Morgan fingerprint density at radius 2 is 1.73 bits per heavy atom. The summed E-state index contributed by atoms with van der Waals surface area (Å²) in [7, 11) is 0. The molecule has 4 heteroatoms. The third kappa shape index (κ3) is 3.11. The molecule has 0 aliphatic carbocycles. The van der Waals surface area contributed by atoms with E-state index in [4.69, 9.17) is 23.2 Å². The molecule has 0 saturated heterocycles. The minimum Gasteiger partial charge on any atom is -0.380 e. The van der Waals surface area contributed by atoms with E-state index in [9.17, 15) is 4.79 Å². The van der Waals surface area contributed by atoms with Crippen LogP contribution in [0.4, 0.5) is 5.69 Å². The zero-order valence-electron chi connectivity index (χ0n) is 8.90. The molecule has 0 saturated carbocycles. The first-order valence-electron chi connectivity index (χ1n) is 4.68. The van der Waals surface area contributed by atoms with E-state index in [1.165, 1.54) is 6.92 Å². The molecule has 0 radical (unpaired) electrons. The van der Waals surface area contributed by atoms with Gasteiger partial charge in [-0.1, -0.05) is 23.2 Å². The number of benzene rings is 1. The molecule has 0 aliphatic rings. The first kappa shape index (κ1) is 12.3. The average molecular weight is 246 g/mol. The minimum absolute atomic E-state index is 0.0464. The molecule has 0 unspecified atom stereocenters. The van der Waals surface area contributed by atoms with Crippen molar-refractivity contribution < 1.29 is 4.79 Å². The van der Waals surface area contributed by atoms with Gasteiger partial charge in [0.25, 0.3) is 0 Å². The lowest BCUT2D eigenvalue weighted by Gasteiger charge is -2.14. The first-order chi connectivity index (χ1) is 6.91. The third-order valence-corrected chi connectivity index (χ3v) is 2.48. The number of ketones is 1. The van der Waals surface area contributed by atoms with E-state index in [0.717, 1.165) is 0 Å². The molecule has 1 aromatic rings. The normalized spacial score (nSPS) is 10.5. The van der Waals surface area contributed by atoms with Gasteiger partial charge in [0.2, 0.25) is 0 Å². The number of Topliss-reactive ketones (excluding diaryl/α,β-unsaturated/α-hetero) is 1. The molecule has 0 aliphatic heterocycles. The van der Waals surface area contributed by atoms with E-state index >= 15 is 0 Å². The summed E-state index contributed by atoms with van der Waals surface area (Å²) in [4.78, 5) is 11.1. The molecule has 1 aromatic carbocycles. The van der Waals surface area contributed by atoms with Crippen molar-refractivity contribution in [1.82, 2.24) is 0 Å². The van der Waals surface area contributed by atoms with Gasteiger partial charge in [-0.05, 0) is 32.9 Å². The fourth-order valence-electron chi connectivity index (χ4n) is 1.20. The Labute approximate surface area is 99.6 Å². The van der Waals surface area contributed by atoms with Crippen LogP contribution in [-0.4, -0.2) is 11.8 Å². The van der Waals surface area contributed by atoms with Crippen molar-refractivity contribution in [2.45, 2.75) is 26.8 Å². The summed E-state index contributed by atoms with van der Waals surface area (Å²) in [5.41, 5.74) is 1.21. The van der Waals surface area contributed by atoms with Crippen LogP contribution in [-0.2, 0) is 0 Å². The lowest BCUT2D eigenvalue weighted by Crippen LogP contribution is -2.11. The summed E-state index contributed by atoms with van der Waals surface area (Å²) >= 11 is 12.0. The summed E-state index contributed by atoms with van der Waals surface area (Å²) in [5.74, 6) is -0.0464. The molecule has 0 heterocycles. The van der Waals surface area contributed by atoms with Gasteiger partial charge in [0, 0.05) is 11.6 Å². The molecule has 0 spiro atoms. The lowest BCUT2D eigenvalue weighted by atomic mass is 10.1. The van der Waals surface area contributed by atoms with Crippen molar-refractivity contribution in [3.8, 4) is 0 Å². The Bertz CT molecular complexity index is 365. The monoisotopic (exact) mass is 245 g/mol. The molecular formula is C11H13Cl2NO. The van der Waals surface area contributed by atoms with E-state index in [-0.39, 0.29) is 11.8 Å². The van der Waals surface area contributed by atoms with Crippen molar-refractivity contribution in [2.24, 2.45) is 0 Å². The lowest BCUT2D eigenvalue weighted by molar-refractivity contribution is 0.101. The summed E-state index contributed by atoms with van der Waals surface area (Å²) in [5, 5.41) is 4.08. The number of nitrogens with one attached hydrogen (secondary N) is 1.